The first-order valence-electron chi connectivity index (χ1n) is 12.8. The lowest BCUT2D eigenvalue weighted by Gasteiger charge is -2.61. The van der Waals surface area contributed by atoms with Crippen LogP contribution in [0.5, 0.6) is 5.75 Å². The Bertz CT molecular complexity index is 1100. The van der Waals surface area contributed by atoms with Crippen LogP contribution >= 0.6 is 0 Å². The van der Waals surface area contributed by atoms with Crippen LogP contribution in [0, 0.1) is 5.92 Å². The van der Waals surface area contributed by atoms with Crippen molar-refractivity contribution < 1.29 is 23.4 Å². The van der Waals surface area contributed by atoms with E-state index in [4.69, 9.17) is 0 Å². The number of aliphatic hydroxyl groups is 1. The maximum Gasteiger partial charge on any atom is 0.419 e. The second-order valence-electron chi connectivity index (χ2n) is 11.1. The predicted molar refractivity (Wildman–Crippen MR) is 124 cm³/mol. The van der Waals surface area contributed by atoms with Crippen molar-refractivity contribution in [3.8, 4) is 5.75 Å². The second kappa shape index (κ2) is 8.21. The Labute approximate surface area is 203 Å². The van der Waals surface area contributed by atoms with Gasteiger partial charge in [0.1, 0.15) is 5.75 Å². The minimum absolute atomic E-state index is 0.0503. The van der Waals surface area contributed by atoms with E-state index in [1.54, 1.807) is 6.07 Å². The number of aromatic nitrogens is 2. The first kappa shape index (κ1) is 23.3. The molecule has 4 aliphatic rings. The van der Waals surface area contributed by atoms with Gasteiger partial charge < -0.3 is 15.1 Å². The van der Waals surface area contributed by atoms with Crippen LogP contribution in [0.4, 0.5) is 13.2 Å². The monoisotopic (exact) mass is 490 g/mol. The molecule has 6 rings (SSSR count). The highest BCUT2D eigenvalue weighted by molar-refractivity contribution is 5.48. The topological polar surface area (TPSA) is 64.8 Å². The van der Waals surface area contributed by atoms with Crippen molar-refractivity contribution in [3.05, 3.63) is 47.3 Å². The summed E-state index contributed by atoms with van der Waals surface area (Å²) >= 11 is 0. The fourth-order valence-electron chi connectivity index (χ4n) is 7.01. The molecule has 2 aliphatic carbocycles. The Kier molecular flexibility index (Phi) is 5.47. The number of piperidine rings is 1. The van der Waals surface area contributed by atoms with Gasteiger partial charge >= 0.3 is 6.18 Å². The predicted octanol–water partition coefficient (Wildman–Crippen LogP) is 3.41. The molecular formula is C26H33F3N4O2. The van der Waals surface area contributed by atoms with Gasteiger partial charge in [0.2, 0.25) is 0 Å². The molecule has 0 radical (unpaired) electrons. The molecule has 1 aromatic heterocycles. The van der Waals surface area contributed by atoms with Crippen molar-refractivity contribution in [3.63, 3.8) is 0 Å². The quantitative estimate of drug-likeness (QED) is 0.673. The number of likely N-dealkylation sites (tertiary alicyclic amines) is 2. The van der Waals surface area contributed by atoms with E-state index in [9.17, 15) is 23.4 Å². The number of benzene rings is 1. The highest BCUT2D eigenvalue weighted by Crippen LogP contribution is 2.56. The highest BCUT2D eigenvalue weighted by Gasteiger charge is 2.63. The molecule has 2 N–H and O–H groups in total. The molecule has 2 saturated heterocycles. The zero-order chi connectivity index (χ0) is 24.4. The molecule has 35 heavy (non-hydrogen) atoms. The van der Waals surface area contributed by atoms with Gasteiger partial charge in [-0.1, -0.05) is 6.07 Å². The third-order valence-electron chi connectivity index (χ3n) is 9.13. The maximum absolute atomic E-state index is 12.9. The van der Waals surface area contributed by atoms with Crippen molar-refractivity contribution in [2.24, 2.45) is 5.92 Å². The van der Waals surface area contributed by atoms with Crippen molar-refractivity contribution in [2.75, 3.05) is 32.7 Å². The number of hydrogen-bond acceptors (Lipinski definition) is 5. The lowest BCUT2D eigenvalue weighted by atomic mass is 9.52. The third kappa shape index (κ3) is 3.96. The fraction of sp³-hybridized carbons (Fsp3) is 0.654. The van der Waals surface area contributed by atoms with Gasteiger partial charge in [0.25, 0.3) is 0 Å². The van der Waals surface area contributed by atoms with Gasteiger partial charge in [-0.15, -0.1) is 0 Å². The Hall–Kier alpha value is -2.10. The second-order valence-corrected chi connectivity index (χ2v) is 11.1. The molecule has 1 aromatic carbocycles. The molecule has 6 nitrogen and oxygen atoms in total. The Balaban J connectivity index is 1.26. The fourth-order valence-corrected chi connectivity index (χ4v) is 7.01. The molecule has 3 fully saturated rings. The molecule has 0 unspecified atom stereocenters. The van der Waals surface area contributed by atoms with Crippen molar-refractivity contribution in [1.29, 1.82) is 0 Å². The third-order valence-corrected chi connectivity index (χ3v) is 9.13. The van der Waals surface area contributed by atoms with E-state index >= 15 is 0 Å². The van der Waals surface area contributed by atoms with Gasteiger partial charge in [0.15, 0.2) is 0 Å². The zero-order valence-corrected chi connectivity index (χ0v) is 19.8. The standard InChI is InChI=1S/C26H33F3N4O2/c27-26(28,29)20-15-30-33(17-20)12-11-31-8-5-24-6-10-32(16-18-1-2-18)23(25(24,35)7-9-31)13-19-3-4-21(34)14-22(19)24/h3-4,14-15,17-18,23,34-35H,1-2,5-13,16H2/t23-,24+,25-/m1/s1. The summed E-state index contributed by atoms with van der Waals surface area (Å²) in [6.07, 6.45) is 3.11. The van der Waals surface area contributed by atoms with Crippen LogP contribution in [0.1, 0.15) is 48.8 Å². The number of halogens is 3. The molecule has 0 amide bonds. The summed E-state index contributed by atoms with van der Waals surface area (Å²) in [5.41, 5.74) is 0.265. The van der Waals surface area contributed by atoms with E-state index in [-0.39, 0.29) is 11.8 Å². The van der Waals surface area contributed by atoms with Gasteiger partial charge in [0, 0.05) is 37.3 Å². The molecule has 2 bridgehead atoms. The lowest BCUT2D eigenvalue weighted by molar-refractivity contribution is -0.149. The van der Waals surface area contributed by atoms with Crippen molar-refractivity contribution in [2.45, 2.75) is 68.3 Å². The number of alkyl halides is 3. The molecular weight excluding hydrogens is 457 g/mol. The molecule has 9 heteroatoms. The number of phenolic OH excluding ortho intramolecular Hbond substituents is 1. The number of nitrogens with zero attached hydrogens (tertiary/aromatic N) is 4. The number of hydrogen-bond donors (Lipinski definition) is 2. The molecule has 3 atom stereocenters. The first-order valence-corrected chi connectivity index (χ1v) is 12.8. The van der Waals surface area contributed by atoms with Crippen molar-refractivity contribution >= 4 is 0 Å². The first-order chi connectivity index (χ1) is 16.7. The Morgan fingerprint density at radius 3 is 2.57 bits per heavy atom. The summed E-state index contributed by atoms with van der Waals surface area (Å²) < 4.78 is 40.2. The van der Waals surface area contributed by atoms with Crippen LogP contribution in [0.3, 0.4) is 0 Å². The number of rotatable bonds is 5. The van der Waals surface area contributed by atoms with Crippen LogP contribution in [0.15, 0.2) is 30.6 Å². The molecule has 1 saturated carbocycles. The van der Waals surface area contributed by atoms with E-state index in [0.717, 1.165) is 62.8 Å². The van der Waals surface area contributed by atoms with Crippen LogP contribution in [-0.2, 0) is 24.6 Å². The van der Waals surface area contributed by atoms with Gasteiger partial charge in [0.05, 0.1) is 23.9 Å². The summed E-state index contributed by atoms with van der Waals surface area (Å²) in [5, 5.41) is 26.7. The molecule has 3 heterocycles. The Morgan fingerprint density at radius 2 is 1.83 bits per heavy atom. The smallest absolute Gasteiger partial charge is 0.419 e. The highest BCUT2D eigenvalue weighted by atomic mass is 19.4. The van der Waals surface area contributed by atoms with E-state index in [1.807, 2.05) is 12.1 Å². The summed E-state index contributed by atoms with van der Waals surface area (Å²) in [4.78, 5) is 4.77. The van der Waals surface area contributed by atoms with E-state index in [2.05, 4.69) is 14.9 Å². The summed E-state index contributed by atoms with van der Waals surface area (Å²) in [5.74, 6) is 0.977. The van der Waals surface area contributed by atoms with Gasteiger partial charge in [-0.25, -0.2) is 0 Å². The minimum atomic E-state index is -4.39. The minimum Gasteiger partial charge on any atom is -0.508 e. The summed E-state index contributed by atoms with van der Waals surface area (Å²) in [6, 6.07) is 5.70. The maximum atomic E-state index is 12.9. The van der Waals surface area contributed by atoms with E-state index in [1.165, 1.54) is 23.1 Å². The zero-order valence-electron chi connectivity index (χ0n) is 19.8. The lowest BCUT2D eigenvalue weighted by Crippen LogP contribution is -2.71. The number of phenols is 1. The molecule has 2 aromatic rings. The van der Waals surface area contributed by atoms with Crippen LogP contribution in [0.25, 0.3) is 0 Å². The molecule has 0 spiro atoms. The van der Waals surface area contributed by atoms with Crippen molar-refractivity contribution in [1.82, 2.24) is 19.6 Å². The number of aromatic hydroxyl groups is 1. The van der Waals surface area contributed by atoms with Gasteiger partial charge in [-0.2, -0.15) is 18.3 Å². The number of fused-ring (bicyclic) bond motifs is 1. The van der Waals surface area contributed by atoms with Crippen LogP contribution in [0.2, 0.25) is 0 Å². The summed E-state index contributed by atoms with van der Waals surface area (Å²) in [6.45, 7) is 4.38. The normalized spacial score (nSPS) is 31.6. The molecule has 2 aliphatic heterocycles. The Morgan fingerprint density at radius 1 is 1.06 bits per heavy atom. The average molecular weight is 491 g/mol. The van der Waals surface area contributed by atoms with Crippen LogP contribution < -0.4 is 0 Å². The van der Waals surface area contributed by atoms with Gasteiger partial charge in [-0.05, 0) is 80.8 Å². The van der Waals surface area contributed by atoms with E-state index in [0.29, 0.717) is 26.1 Å². The molecule has 190 valence electrons. The average Bonchev–Trinajstić information content (AvgIpc) is 3.52. The van der Waals surface area contributed by atoms with E-state index < -0.39 is 22.8 Å². The van der Waals surface area contributed by atoms with Gasteiger partial charge in [-0.3, -0.25) is 9.58 Å². The SMILES string of the molecule is Oc1ccc2c(c1)[C@@]13CCN(CCn4cc(C(F)(F)F)cn4)CC[C@@]1(O)[C@@H](C2)N(CC1CC1)CC3. The summed E-state index contributed by atoms with van der Waals surface area (Å²) in [7, 11) is 0. The largest absolute Gasteiger partial charge is 0.508 e. The van der Waals surface area contributed by atoms with Crippen LogP contribution in [-0.4, -0.2) is 74.2 Å².